The molecule has 12 heavy (non-hydrogen) atoms. The average molecular weight is 161 g/mol. The number of aliphatic imine (C=N–C) groups is 1. The summed E-state index contributed by atoms with van der Waals surface area (Å²) in [6.07, 6.45) is 14.7. The fourth-order valence-electron chi connectivity index (χ4n) is 0.658. The van der Waals surface area contributed by atoms with Crippen LogP contribution in [0.25, 0.3) is 0 Å². The van der Waals surface area contributed by atoms with E-state index in [-0.39, 0.29) is 0 Å². The van der Waals surface area contributed by atoms with Gasteiger partial charge in [0.25, 0.3) is 0 Å². The van der Waals surface area contributed by atoms with Crippen LogP contribution < -0.4 is 0 Å². The summed E-state index contributed by atoms with van der Waals surface area (Å²) in [6.45, 7) is 4.04. The molecular formula is C11H15N. The molecule has 0 rings (SSSR count). The van der Waals surface area contributed by atoms with Gasteiger partial charge in [-0.25, -0.2) is 0 Å². The summed E-state index contributed by atoms with van der Waals surface area (Å²) >= 11 is 0. The van der Waals surface area contributed by atoms with Gasteiger partial charge in [0.2, 0.25) is 0 Å². The summed E-state index contributed by atoms with van der Waals surface area (Å²) < 4.78 is 0. The van der Waals surface area contributed by atoms with Crippen molar-refractivity contribution in [2.75, 3.05) is 0 Å². The Morgan fingerprint density at radius 2 is 2.33 bits per heavy atom. The first kappa shape index (κ1) is 10.7. The highest BCUT2D eigenvalue weighted by molar-refractivity contribution is 5.84. The van der Waals surface area contributed by atoms with Crippen molar-refractivity contribution in [1.29, 1.82) is 0 Å². The number of hydrogen-bond acceptors (Lipinski definition) is 1. The van der Waals surface area contributed by atoms with Crippen LogP contribution in [0.3, 0.4) is 0 Å². The Balaban J connectivity index is 4.09. The Bertz CT molecular complexity index is 226. The van der Waals surface area contributed by atoms with Crippen molar-refractivity contribution in [2.45, 2.75) is 26.7 Å². The van der Waals surface area contributed by atoms with E-state index in [9.17, 15) is 0 Å². The number of rotatable bonds is 4. The molecule has 0 aliphatic carbocycles. The highest BCUT2D eigenvalue weighted by Crippen LogP contribution is 1.95. The third-order valence-corrected chi connectivity index (χ3v) is 1.27. The normalized spacial score (nSPS) is 12.6. The first-order valence-electron chi connectivity index (χ1n) is 4.16. The topological polar surface area (TPSA) is 12.4 Å². The number of unbranched alkanes of at least 4 members (excludes halogenated alkanes) is 1. The molecule has 0 saturated carbocycles. The van der Waals surface area contributed by atoms with Crippen LogP contribution in [0.15, 0.2) is 28.9 Å². The highest BCUT2D eigenvalue weighted by Gasteiger charge is 1.83. The van der Waals surface area contributed by atoms with Gasteiger partial charge in [0.1, 0.15) is 0 Å². The van der Waals surface area contributed by atoms with Crippen molar-refractivity contribution in [3.05, 3.63) is 23.9 Å². The van der Waals surface area contributed by atoms with Crippen molar-refractivity contribution in [1.82, 2.24) is 0 Å². The molecule has 1 heteroatoms. The van der Waals surface area contributed by atoms with Gasteiger partial charge in [-0.1, -0.05) is 31.4 Å². The summed E-state index contributed by atoms with van der Waals surface area (Å²) in [5.74, 6) is 2.57. The maximum atomic E-state index is 5.26. The van der Waals surface area contributed by atoms with E-state index in [2.05, 4.69) is 17.8 Å². The van der Waals surface area contributed by atoms with Gasteiger partial charge in [0, 0.05) is 18.0 Å². The SMILES string of the molecule is C#CC(/C=N\C=C/C)=C\CCC. The number of allylic oxidation sites excluding steroid dienone is 3. The predicted molar refractivity (Wildman–Crippen MR) is 55.1 cm³/mol. The molecule has 0 heterocycles. The summed E-state index contributed by atoms with van der Waals surface area (Å²) in [7, 11) is 0. The molecule has 0 amide bonds. The molecule has 0 radical (unpaired) electrons. The fourth-order valence-corrected chi connectivity index (χ4v) is 0.658. The van der Waals surface area contributed by atoms with Gasteiger partial charge in [-0.2, -0.15) is 0 Å². The third-order valence-electron chi connectivity index (χ3n) is 1.27. The lowest BCUT2D eigenvalue weighted by Crippen LogP contribution is -1.79. The van der Waals surface area contributed by atoms with E-state index >= 15 is 0 Å². The minimum absolute atomic E-state index is 0.856. The van der Waals surface area contributed by atoms with Gasteiger partial charge in [-0.3, -0.25) is 4.99 Å². The monoisotopic (exact) mass is 161 g/mol. The zero-order valence-electron chi connectivity index (χ0n) is 7.75. The molecule has 0 spiro atoms. The maximum Gasteiger partial charge on any atom is 0.0421 e. The zero-order valence-corrected chi connectivity index (χ0v) is 7.75. The standard InChI is InChI=1S/C11H15N/c1-4-7-8-11(6-3)10-12-9-5-2/h3,5,8-10H,4,7H2,1-2H3/b9-5-,11-8+,12-10-. The molecular weight excluding hydrogens is 146 g/mol. The second-order valence-corrected chi connectivity index (χ2v) is 2.35. The van der Waals surface area contributed by atoms with Gasteiger partial charge in [0.15, 0.2) is 0 Å². The smallest absolute Gasteiger partial charge is 0.0421 e. The molecule has 0 aromatic rings. The van der Waals surface area contributed by atoms with Crippen LogP contribution in [0.1, 0.15) is 26.7 Å². The summed E-state index contributed by atoms with van der Waals surface area (Å²) in [6, 6.07) is 0. The fraction of sp³-hybridized carbons (Fsp3) is 0.364. The molecule has 0 atom stereocenters. The van der Waals surface area contributed by atoms with Crippen LogP contribution in [0.5, 0.6) is 0 Å². The van der Waals surface area contributed by atoms with Gasteiger partial charge < -0.3 is 0 Å². The molecule has 0 N–H and O–H groups in total. The van der Waals surface area contributed by atoms with Gasteiger partial charge in [-0.15, -0.1) is 6.42 Å². The second kappa shape index (κ2) is 7.81. The molecule has 64 valence electrons. The zero-order chi connectivity index (χ0) is 9.23. The van der Waals surface area contributed by atoms with Gasteiger partial charge in [-0.05, 0) is 13.3 Å². The lowest BCUT2D eigenvalue weighted by molar-refractivity contribution is 0.957. The number of terminal acetylenes is 1. The van der Waals surface area contributed by atoms with E-state index in [0.29, 0.717) is 0 Å². The molecule has 0 aliphatic rings. The number of hydrogen-bond donors (Lipinski definition) is 0. The molecule has 1 nitrogen and oxygen atoms in total. The molecule has 0 saturated heterocycles. The quantitative estimate of drug-likeness (QED) is 0.444. The van der Waals surface area contributed by atoms with Gasteiger partial charge in [0.05, 0.1) is 0 Å². The van der Waals surface area contributed by atoms with Crippen molar-refractivity contribution >= 4 is 6.21 Å². The summed E-state index contributed by atoms with van der Waals surface area (Å²) in [5, 5.41) is 0. The molecule has 0 aromatic carbocycles. The number of nitrogens with zero attached hydrogens (tertiary/aromatic N) is 1. The summed E-state index contributed by atoms with van der Waals surface area (Å²) in [5.41, 5.74) is 0.856. The lowest BCUT2D eigenvalue weighted by Gasteiger charge is -1.88. The first-order chi connectivity index (χ1) is 5.85. The Kier molecular flexibility index (Phi) is 6.97. The van der Waals surface area contributed by atoms with E-state index in [1.165, 1.54) is 0 Å². The Labute approximate surface area is 74.9 Å². The van der Waals surface area contributed by atoms with E-state index < -0.39 is 0 Å². The van der Waals surface area contributed by atoms with Crippen LogP contribution in [0, 0.1) is 12.3 Å². The minimum Gasteiger partial charge on any atom is -0.264 e. The highest BCUT2D eigenvalue weighted by atomic mass is 14.7. The molecule has 0 bridgehead atoms. The molecule has 0 aliphatic heterocycles. The Hall–Kier alpha value is -1.29. The average Bonchev–Trinajstić information content (AvgIpc) is 2.11. The van der Waals surface area contributed by atoms with E-state index in [1.54, 1.807) is 12.4 Å². The molecule has 0 aromatic heterocycles. The van der Waals surface area contributed by atoms with E-state index in [1.807, 2.05) is 19.1 Å². The van der Waals surface area contributed by atoms with Crippen molar-refractivity contribution < 1.29 is 0 Å². The van der Waals surface area contributed by atoms with Crippen LogP contribution in [-0.4, -0.2) is 6.21 Å². The third kappa shape index (κ3) is 5.49. The summed E-state index contributed by atoms with van der Waals surface area (Å²) in [4.78, 5) is 4.00. The van der Waals surface area contributed by atoms with Gasteiger partial charge >= 0.3 is 0 Å². The van der Waals surface area contributed by atoms with Crippen molar-refractivity contribution in [3.8, 4) is 12.3 Å². The van der Waals surface area contributed by atoms with E-state index in [0.717, 1.165) is 18.4 Å². The molecule has 0 fully saturated rings. The van der Waals surface area contributed by atoms with Crippen molar-refractivity contribution in [3.63, 3.8) is 0 Å². The van der Waals surface area contributed by atoms with Crippen LogP contribution in [0.2, 0.25) is 0 Å². The second-order valence-electron chi connectivity index (χ2n) is 2.35. The van der Waals surface area contributed by atoms with Crippen LogP contribution in [-0.2, 0) is 0 Å². The lowest BCUT2D eigenvalue weighted by atomic mass is 10.2. The first-order valence-corrected chi connectivity index (χ1v) is 4.16. The predicted octanol–water partition coefficient (Wildman–Crippen LogP) is 2.95. The van der Waals surface area contributed by atoms with Crippen molar-refractivity contribution in [2.24, 2.45) is 4.99 Å². The maximum absolute atomic E-state index is 5.26. The largest absolute Gasteiger partial charge is 0.264 e. The van der Waals surface area contributed by atoms with Crippen LogP contribution in [0.4, 0.5) is 0 Å². The van der Waals surface area contributed by atoms with E-state index in [4.69, 9.17) is 6.42 Å². The minimum atomic E-state index is 0.856. The Morgan fingerprint density at radius 3 is 2.83 bits per heavy atom. The Morgan fingerprint density at radius 1 is 1.58 bits per heavy atom. The van der Waals surface area contributed by atoms with Crippen LogP contribution >= 0.6 is 0 Å². The molecule has 0 unspecified atom stereocenters.